The van der Waals surface area contributed by atoms with Gasteiger partial charge in [-0.05, 0) is 12.1 Å². The molecule has 2 N–H and O–H groups in total. The molecule has 0 spiro atoms. The zero-order valence-corrected chi connectivity index (χ0v) is 8.71. The van der Waals surface area contributed by atoms with Gasteiger partial charge in [-0.3, -0.25) is 4.79 Å². The second-order valence-electron chi connectivity index (χ2n) is 3.47. The number of aliphatic hydroxyl groups is 1. The molecule has 0 aliphatic carbocycles. The third-order valence-corrected chi connectivity index (χ3v) is 2.40. The van der Waals surface area contributed by atoms with Crippen LogP contribution in [0.3, 0.4) is 0 Å². The summed E-state index contributed by atoms with van der Waals surface area (Å²) in [6.07, 6.45) is 0. The van der Waals surface area contributed by atoms with Gasteiger partial charge in [0, 0.05) is 17.2 Å². The van der Waals surface area contributed by atoms with Gasteiger partial charge in [0.15, 0.2) is 11.6 Å². The minimum Gasteiger partial charge on any atom is -0.390 e. The lowest BCUT2D eigenvalue weighted by molar-refractivity contribution is 0.277. The lowest BCUT2D eigenvalue weighted by Crippen LogP contribution is -2.09. The van der Waals surface area contributed by atoms with Gasteiger partial charge < -0.3 is 10.1 Å². The van der Waals surface area contributed by atoms with Crippen LogP contribution in [0.4, 0.5) is 8.78 Å². The van der Waals surface area contributed by atoms with Gasteiger partial charge in [-0.25, -0.2) is 8.78 Å². The molecule has 2 aromatic rings. The molecule has 1 aromatic heterocycles. The van der Waals surface area contributed by atoms with Crippen molar-refractivity contribution in [2.75, 3.05) is 0 Å². The van der Waals surface area contributed by atoms with E-state index in [0.29, 0.717) is 0 Å². The zero-order valence-electron chi connectivity index (χ0n) is 8.71. The monoisotopic (exact) mass is 237 g/mol. The van der Waals surface area contributed by atoms with E-state index in [0.717, 1.165) is 6.07 Å². The van der Waals surface area contributed by atoms with Crippen LogP contribution in [0, 0.1) is 11.6 Å². The summed E-state index contributed by atoms with van der Waals surface area (Å²) in [6, 6.07) is 6.29. The molecule has 0 saturated carbocycles. The van der Waals surface area contributed by atoms with Crippen molar-refractivity contribution in [1.82, 2.24) is 4.98 Å². The van der Waals surface area contributed by atoms with Crippen molar-refractivity contribution in [2.24, 2.45) is 0 Å². The highest BCUT2D eigenvalue weighted by Crippen LogP contribution is 2.25. The molecule has 0 amide bonds. The Morgan fingerprint density at radius 1 is 1.12 bits per heavy atom. The normalized spacial score (nSPS) is 10.5. The van der Waals surface area contributed by atoms with E-state index < -0.39 is 23.8 Å². The topological polar surface area (TPSA) is 53.1 Å². The Kier molecular flexibility index (Phi) is 3.01. The molecule has 0 aliphatic heterocycles. The van der Waals surface area contributed by atoms with Gasteiger partial charge in [0.25, 0.3) is 0 Å². The number of pyridine rings is 1. The van der Waals surface area contributed by atoms with Gasteiger partial charge in [-0.1, -0.05) is 12.1 Å². The largest absolute Gasteiger partial charge is 0.390 e. The number of H-pyrrole nitrogens is 1. The number of hydrogen-bond donors (Lipinski definition) is 2. The first-order valence-corrected chi connectivity index (χ1v) is 4.91. The molecule has 0 bridgehead atoms. The van der Waals surface area contributed by atoms with Crippen LogP contribution in [0.5, 0.6) is 0 Å². The van der Waals surface area contributed by atoms with Crippen molar-refractivity contribution in [3.05, 3.63) is 58.0 Å². The fourth-order valence-corrected chi connectivity index (χ4v) is 1.61. The Balaban J connectivity index is 2.68. The number of aromatic nitrogens is 1. The highest BCUT2D eigenvalue weighted by atomic mass is 19.2. The molecule has 5 heteroatoms. The Morgan fingerprint density at radius 3 is 2.59 bits per heavy atom. The number of halogens is 2. The first kappa shape index (κ1) is 11.5. The smallest absolute Gasteiger partial charge is 0.248 e. The van der Waals surface area contributed by atoms with Gasteiger partial charge in [-0.15, -0.1) is 0 Å². The second-order valence-corrected chi connectivity index (χ2v) is 3.47. The Hall–Kier alpha value is -2.01. The average molecular weight is 237 g/mol. The SMILES string of the molecule is O=c1ccc(-c2cccc(F)c2F)c(CO)[nH]1. The van der Waals surface area contributed by atoms with Crippen LogP contribution >= 0.6 is 0 Å². The van der Waals surface area contributed by atoms with E-state index in [4.69, 9.17) is 5.11 Å². The summed E-state index contributed by atoms with van der Waals surface area (Å²) in [7, 11) is 0. The van der Waals surface area contributed by atoms with Gasteiger partial charge >= 0.3 is 0 Å². The summed E-state index contributed by atoms with van der Waals surface area (Å²) < 4.78 is 26.6. The summed E-state index contributed by atoms with van der Waals surface area (Å²) in [6.45, 7) is -0.457. The van der Waals surface area contributed by atoms with Crippen LogP contribution in [-0.2, 0) is 6.61 Å². The summed E-state index contributed by atoms with van der Waals surface area (Å²) in [5.74, 6) is -1.98. The van der Waals surface area contributed by atoms with Gasteiger partial charge in [-0.2, -0.15) is 0 Å². The molecule has 88 valence electrons. The van der Waals surface area contributed by atoms with Crippen LogP contribution in [-0.4, -0.2) is 10.1 Å². The number of hydrogen-bond acceptors (Lipinski definition) is 2. The fourth-order valence-electron chi connectivity index (χ4n) is 1.61. The molecule has 0 fully saturated rings. The molecule has 1 heterocycles. The highest BCUT2D eigenvalue weighted by molar-refractivity contribution is 5.66. The first-order chi connectivity index (χ1) is 8.13. The van der Waals surface area contributed by atoms with Crippen molar-refractivity contribution in [1.29, 1.82) is 0 Å². The second kappa shape index (κ2) is 4.47. The third-order valence-electron chi connectivity index (χ3n) is 2.40. The molecule has 0 saturated heterocycles. The number of rotatable bonds is 2. The van der Waals surface area contributed by atoms with Crippen molar-refractivity contribution >= 4 is 0 Å². The Bertz CT molecular complexity index is 608. The molecule has 1 aromatic carbocycles. The van der Waals surface area contributed by atoms with Crippen LogP contribution in [0.2, 0.25) is 0 Å². The van der Waals surface area contributed by atoms with Crippen LogP contribution < -0.4 is 5.56 Å². The van der Waals surface area contributed by atoms with E-state index in [9.17, 15) is 13.6 Å². The van der Waals surface area contributed by atoms with E-state index in [1.54, 1.807) is 0 Å². The minimum atomic E-state index is -1.01. The zero-order chi connectivity index (χ0) is 12.4. The fraction of sp³-hybridized carbons (Fsp3) is 0.0833. The van der Waals surface area contributed by atoms with Crippen LogP contribution in [0.1, 0.15) is 5.69 Å². The van der Waals surface area contributed by atoms with Gasteiger partial charge in [0.05, 0.1) is 12.3 Å². The van der Waals surface area contributed by atoms with E-state index in [1.165, 1.54) is 24.3 Å². The van der Waals surface area contributed by atoms with E-state index in [1.807, 2.05) is 0 Å². The van der Waals surface area contributed by atoms with E-state index >= 15 is 0 Å². The standard InChI is InChI=1S/C12H9F2NO2/c13-9-3-1-2-8(12(9)14)7-4-5-11(17)15-10(7)6-16/h1-5,16H,6H2,(H,15,17). The van der Waals surface area contributed by atoms with Crippen molar-refractivity contribution in [3.63, 3.8) is 0 Å². The lowest BCUT2D eigenvalue weighted by Gasteiger charge is -2.08. The van der Waals surface area contributed by atoms with Crippen molar-refractivity contribution in [2.45, 2.75) is 6.61 Å². The highest BCUT2D eigenvalue weighted by Gasteiger charge is 2.13. The minimum absolute atomic E-state index is 0.00491. The lowest BCUT2D eigenvalue weighted by atomic mass is 10.0. The maximum atomic E-state index is 13.6. The predicted octanol–water partition coefficient (Wildman–Crippen LogP) is 1.81. The van der Waals surface area contributed by atoms with Crippen LogP contribution in [0.15, 0.2) is 35.1 Å². The molecule has 0 radical (unpaired) electrons. The third kappa shape index (κ3) is 2.09. The first-order valence-electron chi connectivity index (χ1n) is 4.91. The summed E-state index contributed by atoms with van der Waals surface area (Å²) in [5.41, 5.74) is 0.0195. The number of aliphatic hydroxyl groups excluding tert-OH is 1. The Morgan fingerprint density at radius 2 is 1.88 bits per heavy atom. The molecular weight excluding hydrogens is 228 g/mol. The molecule has 17 heavy (non-hydrogen) atoms. The summed E-state index contributed by atoms with van der Waals surface area (Å²) in [4.78, 5) is 13.4. The molecular formula is C12H9F2NO2. The summed E-state index contributed by atoms with van der Waals surface area (Å²) in [5, 5.41) is 9.08. The van der Waals surface area contributed by atoms with Crippen molar-refractivity contribution in [3.8, 4) is 11.1 Å². The number of benzene rings is 1. The van der Waals surface area contributed by atoms with Crippen molar-refractivity contribution < 1.29 is 13.9 Å². The molecule has 2 rings (SSSR count). The van der Waals surface area contributed by atoms with Gasteiger partial charge in [0.2, 0.25) is 5.56 Å². The maximum absolute atomic E-state index is 13.6. The molecule has 0 unspecified atom stereocenters. The average Bonchev–Trinajstić information content (AvgIpc) is 2.33. The quantitative estimate of drug-likeness (QED) is 0.837. The van der Waals surface area contributed by atoms with E-state index in [2.05, 4.69) is 4.98 Å². The predicted molar refractivity (Wildman–Crippen MR) is 58.3 cm³/mol. The summed E-state index contributed by atoms with van der Waals surface area (Å²) >= 11 is 0. The molecule has 0 aliphatic rings. The Labute approximate surface area is 95.4 Å². The maximum Gasteiger partial charge on any atom is 0.248 e. The molecule has 0 atom stereocenters. The van der Waals surface area contributed by atoms with Crippen LogP contribution in [0.25, 0.3) is 11.1 Å². The van der Waals surface area contributed by atoms with Gasteiger partial charge in [0.1, 0.15) is 0 Å². The van der Waals surface area contributed by atoms with E-state index in [-0.39, 0.29) is 16.8 Å². The number of aromatic amines is 1. The molecule has 3 nitrogen and oxygen atoms in total. The number of nitrogens with one attached hydrogen (secondary N) is 1.